The van der Waals surface area contributed by atoms with Gasteiger partial charge in [0.2, 0.25) is 0 Å². The minimum atomic E-state index is -1.48. The van der Waals surface area contributed by atoms with Gasteiger partial charge in [-0.25, -0.2) is 18.2 Å². The van der Waals surface area contributed by atoms with E-state index in [4.69, 9.17) is 0 Å². The molecule has 0 aliphatic carbocycles. The van der Waals surface area contributed by atoms with Crippen molar-refractivity contribution in [2.75, 3.05) is 11.9 Å². The van der Waals surface area contributed by atoms with Gasteiger partial charge < -0.3 is 5.32 Å². The average Bonchev–Trinajstić information content (AvgIpc) is 2.37. The quantitative estimate of drug-likeness (QED) is 0.846. The molecule has 0 aliphatic rings. The van der Waals surface area contributed by atoms with Crippen molar-refractivity contribution in [3.8, 4) is 0 Å². The number of anilines is 1. The van der Waals surface area contributed by atoms with Crippen LogP contribution >= 0.6 is 0 Å². The van der Waals surface area contributed by atoms with Crippen molar-refractivity contribution >= 4 is 16.6 Å². The topological polar surface area (TPSA) is 24.9 Å². The Bertz CT molecular complexity index is 639. The van der Waals surface area contributed by atoms with E-state index in [0.717, 1.165) is 6.07 Å². The number of rotatable bonds is 4. The maximum Gasteiger partial charge on any atom is 0.196 e. The monoisotopic (exact) mass is 282 g/mol. The number of benzene rings is 1. The molecule has 5 heteroatoms. The molecular weight excluding hydrogens is 265 g/mol. The molecule has 0 fully saturated rings. The lowest BCUT2D eigenvalue weighted by Gasteiger charge is -2.13. The van der Waals surface area contributed by atoms with Crippen molar-refractivity contribution in [1.82, 2.24) is 4.98 Å². The molecule has 1 aromatic heterocycles. The molecule has 2 aromatic rings. The van der Waals surface area contributed by atoms with Gasteiger partial charge in [-0.1, -0.05) is 13.8 Å². The number of pyridine rings is 1. The van der Waals surface area contributed by atoms with Gasteiger partial charge in [-0.3, -0.25) is 0 Å². The van der Waals surface area contributed by atoms with E-state index in [1.807, 2.05) is 20.8 Å². The van der Waals surface area contributed by atoms with Crippen molar-refractivity contribution in [3.05, 3.63) is 35.3 Å². The lowest BCUT2D eigenvalue weighted by Crippen LogP contribution is -2.05. The molecule has 0 saturated carbocycles. The number of fused-ring (bicyclic) bond motifs is 1. The highest BCUT2D eigenvalue weighted by Crippen LogP contribution is 2.29. The van der Waals surface area contributed by atoms with E-state index in [-0.39, 0.29) is 10.9 Å². The summed E-state index contributed by atoms with van der Waals surface area (Å²) in [6.45, 7) is 6.51. The van der Waals surface area contributed by atoms with Crippen LogP contribution in [0.2, 0.25) is 0 Å². The number of aromatic nitrogens is 1. The summed E-state index contributed by atoms with van der Waals surface area (Å²) in [5.74, 6) is -3.57. The molecule has 1 heterocycles. The third kappa shape index (κ3) is 2.71. The van der Waals surface area contributed by atoms with E-state index in [1.165, 1.54) is 0 Å². The Kier molecular flexibility index (Phi) is 4.16. The molecule has 0 spiro atoms. The number of hydrogen-bond donors (Lipinski definition) is 1. The Hall–Kier alpha value is -1.78. The van der Waals surface area contributed by atoms with Crippen LogP contribution in [0, 0.1) is 23.4 Å². The first-order valence-corrected chi connectivity index (χ1v) is 6.65. The summed E-state index contributed by atoms with van der Waals surface area (Å²) in [4.78, 5) is 4.14. The summed E-state index contributed by atoms with van der Waals surface area (Å²) in [7, 11) is 0. The van der Waals surface area contributed by atoms with Crippen molar-refractivity contribution in [1.29, 1.82) is 0 Å². The Labute approximate surface area is 116 Å². The first-order valence-electron chi connectivity index (χ1n) is 6.65. The second kappa shape index (κ2) is 5.69. The third-order valence-electron chi connectivity index (χ3n) is 2.98. The predicted molar refractivity (Wildman–Crippen MR) is 74.3 cm³/mol. The molecule has 0 amide bonds. The van der Waals surface area contributed by atoms with Crippen LogP contribution < -0.4 is 5.32 Å². The summed E-state index contributed by atoms with van der Waals surface area (Å²) in [5.41, 5.74) is 1.11. The van der Waals surface area contributed by atoms with Gasteiger partial charge in [0.1, 0.15) is 5.52 Å². The third-order valence-corrected chi connectivity index (χ3v) is 2.98. The minimum Gasteiger partial charge on any atom is -0.385 e. The lowest BCUT2D eigenvalue weighted by molar-refractivity contribution is 0.452. The zero-order valence-corrected chi connectivity index (χ0v) is 11.7. The summed E-state index contributed by atoms with van der Waals surface area (Å²) in [6, 6.07) is 2.75. The van der Waals surface area contributed by atoms with Crippen LogP contribution in [0.4, 0.5) is 18.9 Å². The van der Waals surface area contributed by atoms with Crippen LogP contribution in [0.1, 0.15) is 26.5 Å². The number of nitrogens with zero attached hydrogens (tertiary/aromatic N) is 1. The van der Waals surface area contributed by atoms with E-state index in [2.05, 4.69) is 10.3 Å². The second-order valence-electron chi connectivity index (χ2n) is 5.17. The smallest absolute Gasteiger partial charge is 0.196 e. The largest absolute Gasteiger partial charge is 0.385 e. The van der Waals surface area contributed by atoms with E-state index in [0.29, 0.717) is 30.3 Å². The molecule has 2 rings (SSSR count). The van der Waals surface area contributed by atoms with Crippen molar-refractivity contribution in [2.24, 2.45) is 5.92 Å². The fourth-order valence-electron chi connectivity index (χ4n) is 2.18. The zero-order valence-electron chi connectivity index (χ0n) is 11.7. The molecule has 20 heavy (non-hydrogen) atoms. The van der Waals surface area contributed by atoms with Crippen LogP contribution in [0.5, 0.6) is 0 Å². The van der Waals surface area contributed by atoms with Crippen LogP contribution in [0.15, 0.2) is 12.1 Å². The maximum atomic E-state index is 13.9. The molecule has 0 atom stereocenters. The highest BCUT2D eigenvalue weighted by atomic mass is 19.2. The fourth-order valence-corrected chi connectivity index (χ4v) is 2.18. The molecule has 2 nitrogen and oxygen atoms in total. The molecule has 1 N–H and O–H groups in total. The Morgan fingerprint density at radius 1 is 1.15 bits per heavy atom. The Morgan fingerprint density at radius 2 is 1.85 bits per heavy atom. The molecule has 0 bridgehead atoms. The second-order valence-corrected chi connectivity index (χ2v) is 5.17. The summed E-state index contributed by atoms with van der Waals surface area (Å²) in [6.07, 6.45) is 0.646. The van der Waals surface area contributed by atoms with Crippen LogP contribution in [0.25, 0.3) is 10.9 Å². The van der Waals surface area contributed by atoms with Crippen LogP contribution in [0.3, 0.4) is 0 Å². The average molecular weight is 282 g/mol. The summed E-state index contributed by atoms with van der Waals surface area (Å²) >= 11 is 0. The maximum absolute atomic E-state index is 13.9. The Balaban J connectivity index is 2.71. The van der Waals surface area contributed by atoms with E-state index < -0.39 is 17.5 Å². The van der Waals surface area contributed by atoms with Gasteiger partial charge in [-0.2, -0.15) is 0 Å². The number of hydrogen-bond acceptors (Lipinski definition) is 2. The van der Waals surface area contributed by atoms with Crippen molar-refractivity contribution in [3.63, 3.8) is 0 Å². The predicted octanol–water partition coefficient (Wildman–Crippen LogP) is 4.28. The minimum absolute atomic E-state index is 0.127. The standard InChI is InChI=1S/C15H17F3N2/c1-4-19-12-6-9(5-8(2)3)20-15-10(12)7-11(16)13(17)14(15)18/h6-8H,4-5H2,1-3H3,(H,19,20). The molecule has 1 aromatic carbocycles. The first kappa shape index (κ1) is 14.6. The number of halogens is 3. The van der Waals surface area contributed by atoms with Crippen LogP contribution in [-0.2, 0) is 6.42 Å². The normalized spacial score (nSPS) is 11.3. The highest BCUT2D eigenvalue weighted by Gasteiger charge is 2.18. The zero-order chi connectivity index (χ0) is 14.9. The first-order chi connectivity index (χ1) is 9.43. The van der Waals surface area contributed by atoms with Gasteiger partial charge in [0.25, 0.3) is 0 Å². The number of nitrogens with one attached hydrogen (secondary N) is 1. The van der Waals surface area contributed by atoms with Gasteiger partial charge in [0, 0.05) is 23.3 Å². The summed E-state index contributed by atoms with van der Waals surface area (Å²) < 4.78 is 40.6. The van der Waals surface area contributed by atoms with Crippen molar-refractivity contribution in [2.45, 2.75) is 27.2 Å². The van der Waals surface area contributed by atoms with Gasteiger partial charge >= 0.3 is 0 Å². The van der Waals surface area contributed by atoms with E-state index in [1.54, 1.807) is 6.07 Å². The van der Waals surface area contributed by atoms with Crippen molar-refractivity contribution < 1.29 is 13.2 Å². The lowest BCUT2D eigenvalue weighted by atomic mass is 10.0. The van der Waals surface area contributed by atoms with E-state index in [9.17, 15) is 13.2 Å². The van der Waals surface area contributed by atoms with Crippen LogP contribution in [-0.4, -0.2) is 11.5 Å². The molecular formula is C15H17F3N2. The van der Waals surface area contributed by atoms with Gasteiger partial charge in [0.15, 0.2) is 17.5 Å². The van der Waals surface area contributed by atoms with E-state index >= 15 is 0 Å². The van der Waals surface area contributed by atoms with Gasteiger partial charge in [0.05, 0.1) is 0 Å². The molecule has 0 saturated heterocycles. The van der Waals surface area contributed by atoms with Gasteiger partial charge in [-0.05, 0) is 31.4 Å². The molecule has 0 aliphatic heterocycles. The molecule has 108 valence electrons. The Morgan fingerprint density at radius 3 is 2.45 bits per heavy atom. The fraction of sp³-hybridized carbons (Fsp3) is 0.400. The SMILES string of the molecule is CCNc1cc(CC(C)C)nc2c(F)c(F)c(F)cc12. The highest BCUT2D eigenvalue weighted by molar-refractivity contribution is 5.92. The summed E-state index contributed by atoms with van der Waals surface area (Å²) in [5, 5.41) is 3.30. The molecule has 0 unspecified atom stereocenters. The van der Waals surface area contributed by atoms with Gasteiger partial charge in [-0.15, -0.1) is 0 Å². The molecule has 0 radical (unpaired) electrons.